The van der Waals surface area contributed by atoms with Crippen LogP contribution in [-0.4, -0.2) is 20.2 Å². The first-order valence-electron chi connectivity index (χ1n) is 6.98. The minimum absolute atomic E-state index is 0.0746. The predicted molar refractivity (Wildman–Crippen MR) is 91.9 cm³/mol. The highest BCUT2D eigenvalue weighted by Crippen LogP contribution is 2.13. The van der Waals surface area contributed by atoms with Crippen LogP contribution in [0.25, 0.3) is 6.08 Å². The summed E-state index contributed by atoms with van der Waals surface area (Å²) in [5.41, 5.74) is 6.64. The number of rotatable bonds is 6. The number of hydrogen-bond acceptors (Lipinski definition) is 5. The van der Waals surface area contributed by atoms with E-state index in [2.05, 4.69) is 4.18 Å². The van der Waals surface area contributed by atoms with Crippen molar-refractivity contribution in [2.75, 3.05) is 0 Å². The third-order valence-electron chi connectivity index (χ3n) is 2.99. The molecule has 2 rings (SSSR count). The molecule has 6 nitrogen and oxygen atoms in total. The fraction of sp³-hybridized carbons (Fsp3) is 0.0588. The van der Waals surface area contributed by atoms with Crippen molar-refractivity contribution in [1.82, 2.24) is 0 Å². The van der Waals surface area contributed by atoms with Gasteiger partial charge in [-0.3, -0.25) is 5.41 Å². The number of amidine groups is 1. The third-order valence-corrected chi connectivity index (χ3v) is 4.08. The van der Waals surface area contributed by atoms with Crippen LogP contribution in [0, 0.1) is 5.41 Å². The number of hydrogen-bond donors (Lipinski definition) is 2. The number of nitrogens with two attached hydrogens (primary N) is 1. The molecule has 0 bridgehead atoms. The number of carbonyl (C=O) groups excluding carboxylic acids is 1. The molecule has 7 heteroatoms. The average molecular weight is 344 g/mol. The molecule has 0 heterocycles. The first-order valence-corrected chi connectivity index (χ1v) is 8.56. The Hall–Kier alpha value is -2.93. The molecular weight excluding hydrogens is 328 g/mol. The molecule has 124 valence electrons. The Labute approximate surface area is 140 Å². The minimum Gasteiger partial charge on any atom is -0.384 e. The van der Waals surface area contributed by atoms with Crippen molar-refractivity contribution in [1.29, 1.82) is 5.41 Å². The third kappa shape index (κ3) is 5.36. The van der Waals surface area contributed by atoms with Crippen LogP contribution >= 0.6 is 0 Å². The number of carbonyl (C=O) groups is 1. The first-order chi connectivity index (χ1) is 11.4. The topological polar surface area (TPSA) is 110 Å². The molecule has 0 unspecified atom stereocenters. The molecule has 0 amide bonds. The van der Waals surface area contributed by atoms with Gasteiger partial charge in [0.05, 0.1) is 5.56 Å². The molecule has 0 aliphatic carbocycles. The van der Waals surface area contributed by atoms with Gasteiger partial charge >= 0.3 is 16.1 Å². The lowest BCUT2D eigenvalue weighted by Gasteiger charge is -2.06. The number of nitrogens with one attached hydrogen (secondary N) is 1. The molecule has 0 aromatic heterocycles. The van der Waals surface area contributed by atoms with Crippen LogP contribution in [0.5, 0.6) is 0 Å². The predicted octanol–water partition coefficient (Wildman–Crippen LogP) is 2.32. The Morgan fingerprint density at radius 2 is 1.71 bits per heavy atom. The Bertz CT molecular complexity index is 857. The minimum atomic E-state index is -4.04. The first kappa shape index (κ1) is 17.4. The van der Waals surface area contributed by atoms with E-state index in [1.807, 2.05) is 0 Å². The summed E-state index contributed by atoms with van der Waals surface area (Å²) in [5.74, 6) is -1.39. The second-order valence-electron chi connectivity index (χ2n) is 4.97. The van der Waals surface area contributed by atoms with Crippen molar-refractivity contribution in [2.24, 2.45) is 5.73 Å². The molecule has 0 aliphatic rings. The van der Waals surface area contributed by atoms with E-state index in [0.717, 1.165) is 5.56 Å². The van der Waals surface area contributed by atoms with E-state index in [4.69, 9.17) is 11.1 Å². The van der Waals surface area contributed by atoms with E-state index < -0.39 is 21.8 Å². The van der Waals surface area contributed by atoms with Gasteiger partial charge in [-0.1, -0.05) is 48.5 Å². The van der Waals surface area contributed by atoms with Crippen LogP contribution in [-0.2, 0) is 20.1 Å². The summed E-state index contributed by atoms with van der Waals surface area (Å²) < 4.78 is 28.6. The van der Waals surface area contributed by atoms with Crippen molar-refractivity contribution >= 4 is 28.0 Å². The lowest BCUT2D eigenvalue weighted by atomic mass is 10.1. The zero-order chi connectivity index (χ0) is 17.6. The summed E-state index contributed by atoms with van der Waals surface area (Å²) in [4.78, 5) is 11.8. The summed E-state index contributed by atoms with van der Waals surface area (Å²) in [6.45, 7) is 0. The van der Waals surface area contributed by atoms with Crippen LogP contribution in [0.1, 0.15) is 21.5 Å². The van der Waals surface area contributed by atoms with Crippen LogP contribution in [0.3, 0.4) is 0 Å². The van der Waals surface area contributed by atoms with E-state index in [-0.39, 0.29) is 11.4 Å². The highest BCUT2D eigenvalue weighted by atomic mass is 32.2. The molecule has 0 saturated carbocycles. The molecule has 24 heavy (non-hydrogen) atoms. The molecule has 0 radical (unpaired) electrons. The molecule has 0 fully saturated rings. The Balaban J connectivity index is 2.04. The normalized spacial score (nSPS) is 11.3. The standard InChI is InChI=1S/C17H16N2O4S/c18-16(19)11-10-13-6-8-14(9-7-13)12-24(21,22)23-17(20)15-4-2-1-3-5-15/h1-11H,12H2,(H3,18,19). The monoisotopic (exact) mass is 344 g/mol. The van der Waals surface area contributed by atoms with E-state index in [0.29, 0.717) is 5.56 Å². The van der Waals surface area contributed by atoms with Crippen molar-refractivity contribution in [3.63, 3.8) is 0 Å². The van der Waals surface area contributed by atoms with Gasteiger partial charge in [0.2, 0.25) is 0 Å². The fourth-order valence-corrected chi connectivity index (χ4v) is 2.87. The van der Waals surface area contributed by atoms with Gasteiger partial charge in [-0.05, 0) is 29.3 Å². The van der Waals surface area contributed by atoms with Gasteiger partial charge in [-0.15, -0.1) is 0 Å². The maximum atomic E-state index is 12.0. The second-order valence-corrected chi connectivity index (χ2v) is 6.54. The van der Waals surface area contributed by atoms with Crippen molar-refractivity contribution in [3.8, 4) is 0 Å². The Kier molecular flexibility index (Phi) is 5.49. The van der Waals surface area contributed by atoms with E-state index in [9.17, 15) is 13.2 Å². The molecular formula is C17H16N2O4S. The lowest BCUT2D eigenvalue weighted by molar-refractivity contribution is 0.0746. The molecule has 2 aromatic rings. The molecule has 0 aliphatic heterocycles. The molecule has 0 atom stereocenters. The van der Waals surface area contributed by atoms with Crippen LogP contribution < -0.4 is 5.73 Å². The van der Waals surface area contributed by atoms with Crippen molar-refractivity contribution < 1.29 is 17.4 Å². The highest BCUT2D eigenvalue weighted by molar-refractivity contribution is 7.86. The lowest BCUT2D eigenvalue weighted by Crippen LogP contribution is -2.15. The summed E-state index contributed by atoms with van der Waals surface area (Å²) in [6, 6.07) is 14.5. The van der Waals surface area contributed by atoms with Gasteiger partial charge in [0, 0.05) is 0 Å². The maximum Gasteiger partial charge on any atom is 0.353 e. The van der Waals surface area contributed by atoms with Crippen LogP contribution in [0.4, 0.5) is 0 Å². The van der Waals surface area contributed by atoms with Gasteiger partial charge in [0.1, 0.15) is 11.6 Å². The van der Waals surface area contributed by atoms with Crippen molar-refractivity contribution in [2.45, 2.75) is 5.75 Å². The summed E-state index contributed by atoms with van der Waals surface area (Å²) >= 11 is 0. The smallest absolute Gasteiger partial charge is 0.353 e. The molecule has 2 aromatic carbocycles. The molecule has 0 saturated heterocycles. The zero-order valence-corrected chi connectivity index (χ0v) is 13.5. The van der Waals surface area contributed by atoms with Crippen LogP contribution in [0.2, 0.25) is 0 Å². The summed E-state index contributed by atoms with van der Waals surface area (Å²) in [5, 5.41) is 7.10. The quantitative estimate of drug-likeness (QED) is 0.475. The highest BCUT2D eigenvalue weighted by Gasteiger charge is 2.19. The maximum absolute atomic E-state index is 12.0. The summed E-state index contributed by atoms with van der Waals surface area (Å²) in [7, 11) is -4.04. The molecule has 0 spiro atoms. The Morgan fingerprint density at radius 1 is 1.08 bits per heavy atom. The van der Waals surface area contributed by atoms with Gasteiger partial charge in [0.15, 0.2) is 0 Å². The Morgan fingerprint density at radius 3 is 2.29 bits per heavy atom. The number of benzene rings is 2. The fourth-order valence-electron chi connectivity index (χ4n) is 1.88. The second kappa shape index (κ2) is 7.56. The largest absolute Gasteiger partial charge is 0.384 e. The van der Waals surface area contributed by atoms with Gasteiger partial charge in [-0.2, -0.15) is 8.42 Å². The van der Waals surface area contributed by atoms with E-state index in [1.54, 1.807) is 48.5 Å². The van der Waals surface area contributed by atoms with Crippen molar-refractivity contribution in [3.05, 3.63) is 77.4 Å². The SMILES string of the molecule is N=C(N)C=Cc1ccc(CS(=O)(=O)OC(=O)c2ccccc2)cc1. The van der Waals surface area contributed by atoms with Gasteiger partial charge in [-0.25, -0.2) is 4.79 Å². The molecule has 3 N–H and O–H groups in total. The van der Waals surface area contributed by atoms with Gasteiger partial charge < -0.3 is 9.92 Å². The zero-order valence-electron chi connectivity index (χ0n) is 12.7. The average Bonchev–Trinajstić information content (AvgIpc) is 2.54. The van der Waals surface area contributed by atoms with Crippen LogP contribution in [0.15, 0.2) is 60.7 Å². The van der Waals surface area contributed by atoms with E-state index >= 15 is 0 Å². The van der Waals surface area contributed by atoms with E-state index in [1.165, 1.54) is 18.2 Å². The van der Waals surface area contributed by atoms with Gasteiger partial charge in [0.25, 0.3) is 0 Å². The summed E-state index contributed by atoms with van der Waals surface area (Å²) in [6.07, 6.45) is 3.06.